The maximum Gasteiger partial charge on any atom is 0.231 e. The predicted octanol–water partition coefficient (Wildman–Crippen LogP) is 7.78. The molecule has 0 aromatic heterocycles. The van der Waals surface area contributed by atoms with Gasteiger partial charge in [0.05, 0.1) is 32.6 Å². The molecule has 9 heteroatoms. The lowest BCUT2D eigenvalue weighted by Crippen LogP contribution is -2.17. The minimum atomic E-state index is -1.31. The fourth-order valence-electron chi connectivity index (χ4n) is 4.04. The Morgan fingerprint density at radius 3 is 2.34 bits per heavy atom. The normalized spacial score (nSPS) is 18.0. The van der Waals surface area contributed by atoms with Crippen molar-refractivity contribution >= 4 is 75.4 Å². The average molecular weight is 567 g/mol. The molecule has 178 valence electrons. The number of rotatable bonds is 6. The molecule has 0 heterocycles. The van der Waals surface area contributed by atoms with Crippen molar-refractivity contribution in [2.45, 2.75) is 23.6 Å². The van der Waals surface area contributed by atoms with Crippen molar-refractivity contribution in [2.75, 3.05) is 5.32 Å². The lowest BCUT2D eigenvalue weighted by atomic mass is 9.97. The monoisotopic (exact) mass is 564 g/mol. The fourth-order valence-corrected chi connectivity index (χ4v) is 5.40. The van der Waals surface area contributed by atoms with E-state index in [0.717, 1.165) is 11.1 Å². The first-order valence-electron chi connectivity index (χ1n) is 10.5. The molecule has 3 aromatic rings. The van der Waals surface area contributed by atoms with Crippen LogP contribution in [0.15, 0.2) is 54.6 Å². The first-order valence-corrected chi connectivity index (χ1v) is 12.4. The van der Waals surface area contributed by atoms with Crippen molar-refractivity contribution in [1.29, 1.82) is 5.26 Å². The van der Waals surface area contributed by atoms with Gasteiger partial charge >= 0.3 is 0 Å². The van der Waals surface area contributed by atoms with Crippen LogP contribution in [0, 0.1) is 24.2 Å². The Labute approximate surface area is 227 Å². The third kappa shape index (κ3) is 5.31. The number of amides is 1. The number of aryl methyl sites for hydroxylation is 1. The standard InChI is InChI=1S/C26H17Cl5N2O2/c1-13-8-14(12-32)2-3-15(13)10-22(34)18-11-17(5-7-19(18)27)33-25(35)24-23(26(24,30)31)16-4-6-20(28)21(29)9-16/h2-9,11,23-24H,10H2,1H3,(H,33,35). The number of hydrogen-bond donors (Lipinski definition) is 1. The highest BCUT2D eigenvalue weighted by atomic mass is 35.5. The summed E-state index contributed by atoms with van der Waals surface area (Å²) in [5.74, 6) is -1.80. The van der Waals surface area contributed by atoms with Crippen LogP contribution < -0.4 is 5.32 Å². The van der Waals surface area contributed by atoms with Crippen molar-refractivity contribution in [2.24, 2.45) is 5.92 Å². The highest BCUT2D eigenvalue weighted by Gasteiger charge is 2.67. The van der Waals surface area contributed by atoms with Gasteiger partial charge in [0.25, 0.3) is 0 Å². The Bertz CT molecular complexity index is 1400. The first kappa shape index (κ1) is 25.8. The number of halogens is 5. The van der Waals surface area contributed by atoms with Crippen LogP contribution in [0.2, 0.25) is 15.1 Å². The maximum atomic E-state index is 13.0. The van der Waals surface area contributed by atoms with Gasteiger partial charge in [-0.3, -0.25) is 9.59 Å². The van der Waals surface area contributed by atoms with Crippen LogP contribution in [0.1, 0.15) is 38.5 Å². The molecule has 1 fully saturated rings. The average Bonchev–Trinajstić information content (AvgIpc) is 3.40. The number of nitriles is 1. The lowest BCUT2D eigenvalue weighted by molar-refractivity contribution is -0.117. The summed E-state index contributed by atoms with van der Waals surface area (Å²) in [7, 11) is 0. The number of carbonyl (C=O) groups is 2. The molecule has 1 saturated carbocycles. The fraction of sp³-hybridized carbons (Fsp3) is 0.192. The van der Waals surface area contributed by atoms with Gasteiger partial charge in [0, 0.05) is 23.6 Å². The predicted molar refractivity (Wildman–Crippen MR) is 141 cm³/mol. The van der Waals surface area contributed by atoms with E-state index in [9.17, 15) is 9.59 Å². The summed E-state index contributed by atoms with van der Waals surface area (Å²) >= 11 is 31.2. The first-order chi connectivity index (χ1) is 16.5. The van der Waals surface area contributed by atoms with Crippen LogP contribution in [0.25, 0.3) is 0 Å². The van der Waals surface area contributed by atoms with Gasteiger partial charge in [-0.25, -0.2) is 0 Å². The minimum Gasteiger partial charge on any atom is -0.326 e. The van der Waals surface area contributed by atoms with Gasteiger partial charge < -0.3 is 5.32 Å². The molecule has 35 heavy (non-hydrogen) atoms. The molecule has 0 radical (unpaired) electrons. The van der Waals surface area contributed by atoms with E-state index in [4.69, 9.17) is 63.3 Å². The second-order valence-corrected chi connectivity index (χ2v) is 11.0. The zero-order valence-electron chi connectivity index (χ0n) is 18.2. The lowest BCUT2D eigenvalue weighted by Gasteiger charge is -2.10. The van der Waals surface area contributed by atoms with E-state index in [1.54, 1.807) is 48.5 Å². The molecular weight excluding hydrogens is 550 g/mol. The van der Waals surface area contributed by atoms with Gasteiger partial charge in [-0.1, -0.05) is 46.9 Å². The van der Waals surface area contributed by atoms with Gasteiger partial charge in [-0.2, -0.15) is 5.26 Å². The Balaban J connectivity index is 1.51. The number of benzene rings is 3. The molecule has 1 amide bonds. The molecule has 0 aliphatic heterocycles. The summed E-state index contributed by atoms with van der Waals surface area (Å²) in [6.45, 7) is 1.84. The van der Waals surface area contributed by atoms with Gasteiger partial charge in [-0.05, 0) is 66.1 Å². The van der Waals surface area contributed by atoms with E-state index < -0.39 is 22.1 Å². The van der Waals surface area contributed by atoms with Gasteiger partial charge in [0.15, 0.2) is 5.78 Å². The van der Waals surface area contributed by atoms with Gasteiger partial charge in [0.1, 0.15) is 4.33 Å². The minimum absolute atomic E-state index is 0.100. The van der Waals surface area contributed by atoms with Crippen LogP contribution in [0.5, 0.6) is 0 Å². The van der Waals surface area contributed by atoms with E-state index in [2.05, 4.69) is 11.4 Å². The number of carbonyl (C=O) groups excluding carboxylic acids is 2. The third-order valence-corrected chi connectivity index (χ3v) is 8.00. The third-order valence-electron chi connectivity index (χ3n) is 6.00. The van der Waals surface area contributed by atoms with Crippen LogP contribution in [0.3, 0.4) is 0 Å². The smallest absolute Gasteiger partial charge is 0.231 e. The highest BCUT2D eigenvalue weighted by Crippen LogP contribution is 2.65. The molecule has 4 nitrogen and oxygen atoms in total. The molecular formula is C26H17Cl5N2O2. The van der Waals surface area contributed by atoms with Crippen molar-refractivity contribution in [3.8, 4) is 6.07 Å². The summed E-state index contributed by atoms with van der Waals surface area (Å²) in [6, 6.07) is 16.9. The quantitative estimate of drug-likeness (QED) is 0.245. The summed E-state index contributed by atoms with van der Waals surface area (Å²) in [5, 5.41) is 12.8. The molecule has 1 N–H and O–H groups in total. The number of ketones is 1. The van der Waals surface area contributed by atoms with E-state index in [-0.39, 0.29) is 22.8 Å². The zero-order chi connectivity index (χ0) is 25.5. The molecule has 0 bridgehead atoms. The Morgan fingerprint density at radius 2 is 1.69 bits per heavy atom. The molecule has 0 saturated heterocycles. The largest absolute Gasteiger partial charge is 0.326 e. The summed E-state index contributed by atoms with van der Waals surface area (Å²) in [6.07, 6.45) is 0.100. The Morgan fingerprint density at radius 1 is 0.971 bits per heavy atom. The second kappa shape index (κ2) is 10.0. The topological polar surface area (TPSA) is 70.0 Å². The van der Waals surface area contributed by atoms with Crippen LogP contribution in [-0.2, 0) is 11.2 Å². The SMILES string of the molecule is Cc1cc(C#N)ccc1CC(=O)c1cc(NC(=O)C2C(c3ccc(Cl)c(Cl)c3)C2(Cl)Cl)ccc1Cl. The van der Waals surface area contributed by atoms with Crippen molar-refractivity contribution < 1.29 is 9.59 Å². The highest BCUT2D eigenvalue weighted by molar-refractivity contribution is 6.53. The molecule has 1 aliphatic rings. The number of alkyl halides is 2. The molecule has 1 aliphatic carbocycles. The number of anilines is 1. The molecule has 2 atom stereocenters. The summed E-state index contributed by atoms with van der Waals surface area (Å²) < 4.78 is -1.31. The van der Waals surface area contributed by atoms with Crippen LogP contribution in [-0.4, -0.2) is 16.0 Å². The number of nitrogens with one attached hydrogen (secondary N) is 1. The van der Waals surface area contributed by atoms with E-state index in [1.165, 1.54) is 6.07 Å². The van der Waals surface area contributed by atoms with E-state index in [0.29, 0.717) is 26.9 Å². The van der Waals surface area contributed by atoms with Crippen molar-refractivity contribution in [1.82, 2.24) is 0 Å². The van der Waals surface area contributed by atoms with Crippen molar-refractivity contribution in [3.05, 3.63) is 97.5 Å². The molecule has 4 rings (SSSR count). The Kier molecular flexibility index (Phi) is 7.38. The molecule has 2 unspecified atom stereocenters. The maximum absolute atomic E-state index is 13.0. The second-order valence-electron chi connectivity index (χ2n) is 8.34. The summed E-state index contributed by atoms with van der Waals surface area (Å²) in [5.41, 5.74) is 3.51. The molecule has 3 aromatic carbocycles. The number of hydrogen-bond acceptors (Lipinski definition) is 3. The molecule has 0 spiro atoms. The Hall–Kier alpha value is -2.26. The van der Waals surface area contributed by atoms with Gasteiger partial charge in [0.2, 0.25) is 5.91 Å². The number of nitrogens with zero attached hydrogens (tertiary/aromatic N) is 1. The van der Waals surface area contributed by atoms with Crippen LogP contribution >= 0.6 is 58.0 Å². The van der Waals surface area contributed by atoms with E-state index in [1.807, 2.05) is 6.92 Å². The van der Waals surface area contributed by atoms with Crippen molar-refractivity contribution in [3.63, 3.8) is 0 Å². The van der Waals surface area contributed by atoms with Crippen LogP contribution in [0.4, 0.5) is 5.69 Å². The van der Waals surface area contributed by atoms with Gasteiger partial charge in [-0.15, -0.1) is 23.2 Å². The summed E-state index contributed by atoms with van der Waals surface area (Å²) in [4.78, 5) is 26.0. The van der Waals surface area contributed by atoms with E-state index >= 15 is 0 Å². The number of Topliss-reactive ketones (excluding diaryl/α,β-unsaturated/α-hetero) is 1. The zero-order valence-corrected chi connectivity index (χ0v) is 22.0.